The van der Waals surface area contributed by atoms with Gasteiger partial charge in [0, 0.05) is 170 Å². The summed E-state index contributed by atoms with van der Waals surface area (Å²) in [6.07, 6.45) is 5.23. The van der Waals surface area contributed by atoms with Gasteiger partial charge in [-0.3, -0.25) is 39.2 Å². The number of hydrogen-bond donors (Lipinski definition) is 1. The summed E-state index contributed by atoms with van der Waals surface area (Å²) in [4.78, 5) is 67.8. The van der Waals surface area contributed by atoms with Crippen molar-refractivity contribution in [3.05, 3.63) is 246 Å². The number of halogens is 7. The first-order valence-electron chi connectivity index (χ1n) is 44.8. The van der Waals surface area contributed by atoms with Gasteiger partial charge in [0.25, 0.3) is 23.6 Å². The van der Waals surface area contributed by atoms with Gasteiger partial charge in [-0.15, -0.1) is 0 Å². The quantitative estimate of drug-likeness (QED) is 0.0761. The van der Waals surface area contributed by atoms with Crippen molar-refractivity contribution in [2.45, 2.75) is 205 Å². The molecule has 0 radical (unpaired) electrons. The van der Waals surface area contributed by atoms with Gasteiger partial charge in [0.15, 0.2) is 11.5 Å². The number of hydrogen-bond acceptors (Lipinski definition) is 13. The Kier molecular flexibility index (Phi) is 29.1. The summed E-state index contributed by atoms with van der Waals surface area (Å²) in [5.74, 6) is 7.47. The van der Waals surface area contributed by atoms with Gasteiger partial charge in [-0.2, -0.15) is 13.2 Å². The predicted molar refractivity (Wildman–Crippen MR) is 494 cm³/mol. The number of carbonyl (C=O) groups is 4. The third kappa shape index (κ3) is 19.9. The number of amides is 4. The summed E-state index contributed by atoms with van der Waals surface area (Å²) >= 11 is 19.1. The van der Waals surface area contributed by atoms with Gasteiger partial charge < -0.3 is 61.6 Å². The van der Waals surface area contributed by atoms with Gasteiger partial charge in [-0.1, -0.05) is 83.9 Å². The molecule has 4 amide bonds. The third-order valence-electron chi connectivity index (χ3n) is 27.1. The summed E-state index contributed by atoms with van der Waals surface area (Å²) < 4.78 is 91.1. The Morgan fingerprint density at radius 2 is 1.00 bits per heavy atom. The van der Waals surface area contributed by atoms with Crippen molar-refractivity contribution in [1.82, 2.24) is 57.9 Å². The fourth-order valence-electron chi connectivity index (χ4n) is 20.2. The predicted octanol–water partition coefficient (Wildman–Crippen LogP) is 18.7. The molecule has 5 aromatic carbocycles. The van der Waals surface area contributed by atoms with Gasteiger partial charge in [0.1, 0.15) is 39.9 Å². The van der Waals surface area contributed by atoms with Crippen molar-refractivity contribution in [3.63, 3.8) is 0 Å². The maximum atomic E-state index is 14.4. The van der Waals surface area contributed by atoms with Crippen LogP contribution in [0.1, 0.15) is 201 Å². The molecule has 686 valence electrons. The van der Waals surface area contributed by atoms with Crippen LogP contribution in [-0.4, -0.2) is 207 Å². The summed E-state index contributed by atoms with van der Waals surface area (Å²) in [7, 11) is 7.47. The highest BCUT2D eigenvalue weighted by Gasteiger charge is 2.52. The molecule has 17 rings (SSSR count). The van der Waals surface area contributed by atoms with Crippen LogP contribution in [0.15, 0.2) is 158 Å². The zero-order valence-electron chi connectivity index (χ0n) is 75.9. The number of fused-ring (bicyclic) bond motifs is 8. The Labute approximate surface area is 766 Å². The molecule has 21 nitrogen and oxygen atoms in total. The van der Waals surface area contributed by atoms with E-state index in [1.54, 1.807) is 54.5 Å². The zero-order valence-corrected chi connectivity index (χ0v) is 78.1. The van der Waals surface area contributed by atoms with Crippen LogP contribution in [0.5, 0.6) is 23.0 Å². The number of benzene rings is 5. The Balaban J connectivity index is 0.000000147. The molecular formula is C100H123Cl3F4N12O9. The van der Waals surface area contributed by atoms with Crippen LogP contribution in [0.25, 0.3) is 0 Å². The number of alkyl halides is 3. The van der Waals surface area contributed by atoms with Gasteiger partial charge in [-0.05, 0) is 260 Å². The molecule has 128 heavy (non-hydrogen) atoms. The maximum Gasteiger partial charge on any atom is 0.431 e. The van der Waals surface area contributed by atoms with Crippen LogP contribution in [0, 0.1) is 24.6 Å². The van der Waals surface area contributed by atoms with Crippen LogP contribution in [-0.2, 0) is 65.8 Å². The molecule has 0 aliphatic carbocycles. The number of likely N-dealkylation sites (tertiary alicyclic amines) is 4. The van der Waals surface area contributed by atoms with Crippen molar-refractivity contribution >= 4 is 58.4 Å². The Bertz CT molecular complexity index is 5510. The Morgan fingerprint density at radius 3 is 1.51 bits per heavy atom. The number of likely N-dealkylation sites (N-methyl/N-ethyl adjacent to an activating group) is 2. The van der Waals surface area contributed by atoms with E-state index < -0.39 is 28.8 Å². The minimum atomic E-state index is -4.41. The van der Waals surface area contributed by atoms with Crippen molar-refractivity contribution in [1.29, 1.82) is 0 Å². The monoisotopic (exact) mass is 1820 g/mol. The van der Waals surface area contributed by atoms with Crippen LogP contribution in [0.3, 0.4) is 0 Å². The summed E-state index contributed by atoms with van der Waals surface area (Å²) in [5, 5.41) is 5.53. The SMILES string of the molecule is CC(C)Oc1ccc(C(=O)N2CCC3(CC2)NC(C)(C)Cn2c(C(F)(F)F)ccc23)cc1Cl.CC[C@H](C)Oc1ccc(C(=O)N2CCC3(CC2)c2ccc(Cl)n2CCN3C)cc1OC.COCC#Cc1ccc(C(=O)N2CCC3(CC2)c2ccc(Cl)n2CCN3C)cc1F.Cc1cc(C(=O)N2CCC3(CC2)c2cccn2CCN3Cc2ccccc2)ccc1OC(C)C.[HH]. The zero-order chi connectivity index (χ0) is 91.4. The molecule has 0 bridgehead atoms. The average Bonchev–Trinajstić information content (AvgIpc) is 1.59. The second kappa shape index (κ2) is 39.5. The Morgan fingerprint density at radius 1 is 0.508 bits per heavy atom. The molecule has 12 heterocycles. The standard InChI is InChI=1S/C29H35N3O2.C24H29ClF3N3O2.C24H32ClN3O3.C23H25ClFN3O2.H2/c1-22(2)34-26-12-11-25(20-23(26)3)28(33)31-16-13-29(14-17-31)27-10-7-15-30(27)18-19-32(29)21-24-8-5-4-6-9-24;1-15(2)33-18-6-5-16(13-17(18)25)21(32)30-11-9-23(10-12-30)19-7-8-20(24(26,27)28)31(19)14-22(3,4)29-23;1-5-17(2)31-19-7-6-18(16-20(19)30-4)23(29)27-12-10-24(11-13-27)21-8-9-22(25)28(21)15-14-26(24)3;1-26-13-14-28-20(7-8-21(28)24)23(26)9-11-27(12-10-23)22(29)18-6-5-17(19(25)16-18)4-3-15-30-2;/h4-12,15,20,22H,13-14,16-19,21H2,1-3H3;5-8,13,15,29H,9-12,14H2,1-4H3;6-9,16-17H,5,10-15H2,1-4H3;5-8,16H,9-15H2,1-2H3;1H/t;;17-;;/m..0../s1. The van der Waals surface area contributed by atoms with E-state index in [0.29, 0.717) is 96.8 Å². The number of nitrogens with zero attached hydrogens (tertiary/aromatic N) is 11. The van der Waals surface area contributed by atoms with E-state index >= 15 is 0 Å². The van der Waals surface area contributed by atoms with Gasteiger partial charge in [-0.25, -0.2) is 4.39 Å². The van der Waals surface area contributed by atoms with E-state index in [2.05, 4.69) is 127 Å². The molecule has 4 fully saturated rings. The lowest BCUT2D eigenvalue weighted by Gasteiger charge is -2.52. The molecule has 0 saturated carbocycles. The van der Waals surface area contributed by atoms with E-state index in [1.807, 2.05) is 113 Å². The minimum Gasteiger partial charge on any atom is -0.493 e. The normalized spacial score (nSPS) is 18.6. The van der Waals surface area contributed by atoms with Crippen molar-refractivity contribution < 1.29 is 61.9 Å². The number of nitrogens with one attached hydrogen (secondary N) is 1. The average molecular weight is 1820 g/mol. The first-order chi connectivity index (χ1) is 61.1. The van der Waals surface area contributed by atoms with Crippen LogP contribution in [0.4, 0.5) is 17.6 Å². The molecule has 4 saturated heterocycles. The van der Waals surface area contributed by atoms with E-state index in [9.17, 15) is 36.7 Å². The molecular weight excluding hydrogens is 1700 g/mol. The number of piperidine rings is 4. The number of rotatable bonds is 15. The van der Waals surface area contributed by atoms with Gasteiger partial charge >= 0.3 is 6.18 Å². The van der Waals surface area contributed by atoms with E-state index in [0.717, 1.165) is 131 Å². The maximum absolute atomic E-state index is 14.4. The highest BCUT2D eigenvalue weighted by molar-refractivity contribution is 6.32. The number of ether oxygens (including phenoxy) is 5. The first-order valence-corrected chi connectivity index (χ1v) is 45.9. The lowest BCUT2D eigenvalue weighted by Crippen LogP contribution is -2.63. The third-order valence-corrected chi connectivity index (χ3v) is 28.0. The van der Waals surface area contributed by atoms with E-state index in [1.165, 1.54) is 46.5 Å². The fraction of sp³-hybridized carbons (Fsp3) is 0.480. The first kappa shape index (κ1) is 94.4. The number of methoxy groups -OCH3 is 2. The van der Waals surface area contributed by atoms with Crippen molar-refractivity contribution in [3.8, 4) is 34.8 Å². The van der Waals surface area contributed by atoms with Crippen LogP contribution in [0.2, 0.25) is 15.3 Å². The van der Waals surface area contributed by atoms with E-state index in [-0.39, 0.29) is 78.7 Å². The lowest BCUT2D eigenvalue weighted by atomic mass is 9.79. The minimum absolute atomic E-state index is 0. The molecule has 28 heteroatoms. The second-order valence-corrected chi connectivity index (χ2v) is 37.5. The van der Waals surface area contributed by atoms with Crippen LogP contribution < -0.4 is 24.3 Å². The molecule has 8 aliphatic rings. The topological polar surface area (TPSA) is 169 Å². The van der Waals surface area contributed by atoms with Crippen LogP contribution >= 0.6 is 34.8 Å². The molecule has 9 aromatic rings. The lowest BCUT2D eigenvalue weighted by molar-refractivity contribution is -0.144. The molecule has 4 aromatic heterocycles. The highest BCUT2D eigenvalue weighted by atomic mass is 35.5. The molecule has 1 atom stereocenters. The molecule has 4 spiro atoms. The largest absolute Gasteiger partial charge is 0.493 e. The smallest absolute Gasteiger partial charge is 0.431 e. The van der Waals surface area contributed by atoms with Gasteiger partial charge in [0.2, 0.25) is 0 Å². The van der Waals surface area contributed by atoms with Gasteiger partial charge in [0.05, 0.1) is 58.2 Å². The summed E-state index contributed by atoms with van der Waals surface area (Å²) in [5.41, 5.74) is 7.38. The van der Waals surface area contributed by atoms with Crippen molar-refractivity contribution in [2.75, 3.05) is 107 Å². The highest BCUT2D eigenvalue weighted by Crippen LogP contribution is 2.49. The summed E-state index contributed by atoms with van der Waals surface area (Å²) in [6, 6.07) is 46.9. The summed E-state index contributed by atoms with van der Waals surface area (Å²) in [6.45, 7) is 29.9. The van der Waals surface area contributed by atoms with Crippen molar-refractivity contribution in [2.24, 2.45) is 0 Å². The number of aryl methyl sites for hydroxylation is 1. The molecule has 8 aliphatic heterocycles. The number of carbonyl (C=O) groups excluding carboxylic acids is 4. The fourth-order valence-corrected chi connectivity index (χ4v) is 20.9. The molecule has 0 unspecified atom stereocenters. The molecule has 1 N–H and O–H groups in total. The second-order valence-electron chi connectivity index (χ2n) is 36.4. The van der Waals surface area contributed by atoms with E-state index in [4.69, 9.17) is 58.5 Å². The number of aromatic nitrogens is 4. The Hall–Kier alpha value is -9.75.